The average molecular weight is 260 g/mol. The van der Waals surface area contributed by atoms with Crippen LogP contribution in [0.25, 0.3) is 0 Å². The standard InChI is InChI=1S/C17H28N2/c1-13(2)15-7-5-10-19(11-9-15)12-16-6-4-8-17(18)14(16)3/h4,6,8,13,15H,5,7,9-12,18H2,1-3H3. The van der Waals surface area contributed by atoms with Gasteiger partial charge in [0.1, 0.15) is 0 Å². The molecular formula is C17H28N2. The highest BCUT2D eigenvalue weighted by Gasteiger charge is 2.19. The van der Waals surface area contributed by atoms with Crippen LogP contribution in [-0.2, 0) is 6.54 Å². The Morgan fingerprint density at radius 2 is 2.05 bits per heavy atom. The molecule has 0 spiro atoms. The molecule has 0 bridgehead atoms. The van der Waals surface area contributed by atoms with Gasteiger partial charge in [-0.05, 0) is 68.3 Å². The third kappa shape index (κ3) is 3.73. The van der Waals surface area contributed by atoms with E-state index in [-0.39, 0.29) is 0 Å². The number of benzene rings is 1. The van der Waals surface area contributed by atoms with E-state index in [4.69, 9.17) is 5.73 Å². The Morgan fingerprint density at radius 1 is 1.26 bits per heavy atom. The second kappa shape index (κ2) is 6.42. The molecule has 0 saturated carbocycles. The van der Waals surface area contributed by atoms with Crippen molar-refractivity contribution in [3.05, 3.63) is 29.3 Å². The van der Waals surface area contributed by atoms with E-state index in [0.717, 1.165) is 24.1 Å². The van der Waals surface area contributed by atoms with Gasteiger partial charge in [-0.1, -0.05) is 26.0 Å². The summed E-state index contributed by atoms with van der Waals surface area (Å²) >= 11 is 0. The minimum atomic E-state index is 0.828. The van der Waals surface area contributed by atoms with E-state index < -0.39 is 0 Å². The van der Waals surface area contributed by atoms with Crippen LogP contribution in [0.1, 0.15) is 44.2 Å². The molecule has 1 aromatic carbocycles. The van der Waals surface area contributed by atoms with Gasteiger partial charge in [-0.3, -0.25) is 4.90 Å². The first-order valence-electron chi connectivity index (χ1n) is 7.64. The number of nitrogens with zero attached hydrogens (tertiary/aromatic N) is 1. The van der Waals surface area contributed by atoms with Crippen LogP contribution >= 0.6 is 0 Å². The first kappa shape index (κ1) is 14.4. The number of nitrogens with two attached hydrogens (primary N) is 1. The predicted octanol–water partition coefficient (Wildman–Crippen LogP) is 3.84. The molecule has 1 aromatic rings. The number of hydrogen-bond acceptors (Lipinski definition) is 2. The summed E-state index contributed by atoms with van der Waals surface area (Å²) in [5.41, 5.74) is 9.57. The average Bonchev–Trinajstić information content (AvgIpc) is 2.60. The fourth-order valence-electron chi connectivity index (χ4n) is 3.12. The van der Waals surface area contributed by atoms with E-state index in [1.54, 1.807) is 0 Å². The number of likely N-dealkylation sites (tertiary alicyclic amines) is 1. The molecule has 1 atom stereocenters. The van der Waals surface area contributed by atoms with Gasteiger partial charge in [0.2, 0.25) is 0 Å². The molecular weight excluding hydrogens is 232 g/mol. The third-order valence-corrected chi connectivity index (χ3v) is 4.69. The molecule has 1 fully saturated rings. The van der Waals surface area contributed by atoms with Gasteiger partial charge in [0, 0.05) is 12.2 Å². The smallest absolute Gasteiger partial charge is 0.0346 e. The van der Waals surface area contributed by atoms with Gasteiger partial charge >= 0.3 is 0 Å². The Kier molecular flexibility index (Phi) is 4.87. The van der Waals surface area contributed by atoms with Crippen molar-refractivity contribution in [2.24, 2.45) is 11.8 Å². The van der Waals surface area contributed by atoms with Crippen molar-refractivity contribution in [1.29, 1.82) is 0 Å². The normalized spacial score (nSPS) is 21.6. The highest BCUT2D eigenvalue weighted by Crippen LogP contribution is 2.26. The summed E-state index contributed by atoms with van der Waals surface area (Å²) in [7, 11) is 0. The van der Waals surface area contributed by atoms with Gasteiger partial charge in [-0.2, -0.15) is 0 Å². The van der Waals surface area contributed by atoms with Crippen LogP contribution in [0.5, 0.6) is 0 Å². The summed E-state index contributed by atoms with van der Waals surface area (Å²) in [6, 6.07) is 6.29. The van der Waals surface area contributed by atoms with Gasteiger partial charge in [0.15, 0.2) is 0 Å². The molecule has 1 aliphatic heterocycles. The predicted molar refractivity (Wildman–Crippen MR) is 83.0 cm³/mol. The molecule has 106 valence electrons. The summed E-state index contributed by atoms with van der Waals surface area (Å²) in [4.78, 5) is 2.60. The minimum absolute atomic E-state index is 0.828. The maximum Gasteiger partial charge on any atom is 0.0346 e. The van der Waals surface area contributed by atoms with E-state index in [2.05, 4.69) is 37.8 Å². The molecule has 19 heavy (non-hydrogen) atoms. The van der Waals surface area contributed by atoms with E-state index >= 15 is 0 Å². The van der Waals surface area contributed by atoms with Gasteiger partial charge in [-0.25, -0.2) is 0 Å². The summed E-state index contributed by atoms with van der Waals surface area (Å²) < 4.78 is 0. The highest BCUT2D eigenvalue weighted by atomic mass is 15.1. The van der Waals surface area contributed by atoms with Crippen molar-refractivity contribution in [3.63, 3.8) is 0 Å². The molecule has 0 aromatic heterocycles. The molecule has 2 heteroatoms. The third-order valence-electron chi connectivity index (χ3n) is 4.69. The zero-order valence-electron chi connectivity index (χ0n) is 12.7. The number of nitrogen functional groups attached to an aromatic ring is 1. The fraction of sp³-hybridized carbons (Fsp3) is 0.647. The molecule has 0 aliphatic carbocycles. The van der Waals surface area contributed by atoms with E-state index in [1.165, 1.54) is 43.5 Å². The van der Waals surface area contributed by atoms with Crippen molar-refractivity contribution in [2.75, 3.05) is 18.8 Å². The Hall–Kier alpha value is -1.02. The molecule has 0 amide bonds. The zero-order chi connectivity index (χ0) is 13.8. The maximum absolute atomic E-state index is 6.00. The Labute approximate surface area is 118 Å². The molecule has 2 nitrogen and oxygen atoms in total. The van der Waals surface area contributed by atoms with Crippen LogP contribution in [0.15, 0.2) is 18.2 Å². The number of hydrogen-bond donors (Lipinski definition) is 1. The van der Waals surface area contributed by atoms with Crippen LogP contribution in [0, 0.1) is 18.8 Å². The molecule has 1 saturated heterocycles. The van der Waals surface area contributed by atoms with Crippen LogP contribution in [0.4, 0.5) is 5.69 Å². The second-order valence-electron chi connectivity index (χ2n) is 6.34. The molecule has 1 aliphatic rings. The van der Waals surface area contributed by atoms with Crippen LogP contribution < -0.4 is 5.73 Å². The lowest BCUT2D eigenvalue weighted by Crippen LogP contribution is -2.25. The number of rotatable bonds is 3. The van der Waals surface area contributed by atoms with Crippen LogP contribution in [0.3, 0.4) is 0 Å². The SMILES string of the molecule is Cc1c(N)cccc1CN1CCCC(C(C)C)CC1. The Bertz CT molecular complexity index is 412. The van der Waals surface area contributed by atoms with Crippen molar-refractivity contribution in [2.45, 2.75) is 46.6 Å². The van der Waals surface area contributed by atoms with Crippen molar-refractivity contribution < 1.29 is 0 Å². The first-order valence-corrected chi connectivity index (χ1v) is 7.64. The van der Waals surface area contributed by atoms with Crippen molar-refractivity contribution >= 4 is 5.69 Å². The lowest BCUT2D eigenvalue weighted by atomic mass is 9.89. The molecule has 0 radical (unpaired) electrons. The minimum Gasteiger partial charge on any atom is -0.399 e. The molecule has 2 rings (SSSR count). The zero-order valence-corrected chi connectivity index (χ0v) is 12.7. The maximum atomic E-state index is 6.00. The molecule has 1 heterocycles. The monoisotopic (exact) mass is 260 g/mol. The first-order chi connectivity index (χ1) is 9.08. The van der Waals surface area contributed by atoms with Crippen LogP contribution in [0.2, 0.25) is 0 Å². The lowest BCUT2D eigenvalue weighted by Gasteiger charge is -2.22. The largest absolute Gasteiger partial charge is 0.399 e. The van der Waals surface area contributed by atoms with E-state index in [1.807, 2.05) is 6.07 Å². The fourth-order valence-corrected chi connectivity index (χ4v) is 3.12. The topological polar surface area (TPSA) is 29.3 Å². The van der Waals surface area contributed by atoms with Gasteiger partial charge in [0.25, 0.3) is 0 Å². The molecule has 2 N–H and O–H groups in total. The summed E-state index contributed by atoms with van der Waals surface area (Å²) in [5, 5.41) is 0. The van der Waals surface area contributed by atoms with Gasteiger partial charge in [0.05, 0.1) is 0 Å². The van der Waals surface area contributed by atoms with Crippen molar-refractivity contribution in [1.82, 2.24) is 4.90 Å². The quantitative estimate of drug-likeness (QED) is 0.837. The van der Waals surface area contributed by atoms with E-state index in [9.17, 15) is 0 Å². The summed E-state index contributed by atoms with van der Waals surface area (Å²) in [6.07, 6.45) is 4.08. The number of anilines is 1. The van der Waals surface area contributed by atoms with Crippen molar-refractivity contribution in [3.8, 4) is 0 Å². The highest BCUT2D eigenvalue weighted by molar-refractivity contribution is 5.49. The van der Waals surface area contributed by atoms with E-state index in [0.29, 0.717) is 0 Å². The lowest BCUT2D eigenvalue weighted by molar-refractivity contribution is 0.264. The summed E-state index contributed by atoms with van der Waals surface area (Å²) in [5.74, 6) is 1.74. The second-order valence-corrected chi connectivity index (χ2v) is 6.34. The van der Waals surface area contributed by atoms with Gasteiger partial charge in [-0.15, -0.1) is 0 Å². The Balaban J connectivity index is 1.98. The van der Waals surface area contributed by atoms with Crippen LogP contribution in [-0.4, -0.2) is 18.0 Å². The molecule has 1 unspecified atom stereocenters. The van der Waals surface area contributed by atoms with Gasteiger partial charge < -0.3 is 5.73 Å². The Morgan fingerprint density at radius 3 is 2.79 bits per heavy atom. The summed E-state index contributed by atoms with van der Waals surface area (Å²) in [6.45, 7) is 10.4.